The van der Waals surface area contributed by atoms with Gasteiger partial charge in [0.05, 0.1) is 5.41 Å². The van der Waals surface area contributed by atoms with Crippen LogP contribution in [-0.4, -0.2) is 0 Å². The fourth-order valence-electron chi connectivity index (χ4n) is 8.71. The molecule has 9 aromatic rings. The zero-order valence-electron chi connectivity index (χ0n) is 27.6. The molecule has 8 aromatic carbocycles. The maximum absolute atomic E-state index is 6.73. The van der Waals surface area contributed by atoms with Gasteiger partial charge in [0.25, 0.3) is 0 Å². The fraction of sp³-hybridized carbons (Fsp3) is 0.0204. The minimum absolute atomic E-state index is 0.443. The number of furan rings is 1. The van der Waals surface area contributed by atoms with Gasteiger partial charge < -0.3 is 9.15 Å². The lowest BCUT2D eigenvalue weighted by atomic mass is 9.66. The van der Waals surface area contributed by atoms with E-state index in [-0.39, 0.29) is 0 Å². The van der Waals surface area contributed by atoms with Gasteiger partial charge in [-0.25, -0.2) is 0 Å². The van der Waals surface area contributed by atoms with Crippen LogP contribution in [0.25, 0.3) is 66.4 Å². The first kappa shape index (κ1) is 28.2. The van der Waals surface area contributed by atoms with E-state index in [1.54, 1.807) is 0 Å². The van der Waals surface area contributed by atoms with E-state index >= 15 is 0 Å². The number of ether oxygens (including phenoxy) is 1. The number of para-hydroxylation sites is 3. The van der Waals surface area contributed by atoms with Crippen LogP contribution < -0.4 is 4.74 Å². The molecule has 0 atom stereocenters. The normalized spacial score (nSPS) is 13.4. The lowest BCUT2D eigenvalue weighted by Crippen LogP contribution is -2.32. The minimum Gasteiger partial charge on any atom is -0.457 e. The fourth-order valence-corrected chi connectivity index (χ4v) is 8.71. The van der Waals surface area contributed by atoms with Crippen LogP contribution in [0.3, 0.4) is 0 Å². The van der Waals surface area contributed by atoms with Gasteiger partial charge in [-0.3, -0.25) is 0 Å². The summed E-state index contributed by atoms with van der Waals surface area (Å²) < 4.78 is 13.0. The van der Waals surface area contributed by atoms with Crippen LogP contribution in [0.15, 0.2) is 186 Å². The average molecular weight is 651 g/mol. The van der Waals surface area contributed by atoms with Crippen molar-refractivity contribution in [3.8, 4) is 56.0 Å². The highest BCUT2D eigenvalue weighted by molar-refractivity contribution is 6.09. The van der Waals surface area contributed by atoms with Crippen molar-refractivity contribution >= 4 is 21.9 Å². The first-order valence-corrected chi connectivity index (χ1v) is 17.5. The molecule has 238 valence electrons. The molecule has 11 rings (SSSR count). The largest absolute Gasteiger partial charge is 0.457 e. The third-order valence-corrected chi connectivity index (χ3v) is 11.0. The highest BCUT2D eigenvalue weighted by atomic mass is 16.5. The van der Waals surface area contributed by atoms with Crippen molar-refractivity contribution < 1.29 is 9.15 Å². The van der Waals surface area contributed by atoms with E-state index in [9.17, 15) is 0 Å². The predicted molar refractivity (Wildman–Crippen MR) is 207 cm³/mol. The van der Waals surface area contributed by atoms with Gasteiger partial charge in [-0.2, -0.15) is 0 Å². The number of hydrogen-bond donors (Lipinski definition) is 0. The lowest BCUT2D eigenvalue weighted by molar-refractivity contribution is 0.436. The van der Waals surface area contributed by atoms with Crippen molar-refractivity contribution in [1.29, 1.82) is 0 Å². The third-order valence-electron chi connectivity index (χ3n) is 11.0. The van der Waals surface area contributed by atoms with Crippen LogP contribution in [0.1, 0.15) is 22.3 Å². The molecule has 2 heteroatoms. The molecule has 51 heavy (non-hydrogen) atoms. The summed E-state index contributed by atoms with van der Waals surface area (Å²) in [7, 11) is 0. The molecule has 2 nitrogen and oxygen atoms in total. The summed E-state index contributed by atoms with van der Waals surface area (Å²) in [5.74, 6) is 1.81. The summed E-state index contributed by atoms with van der Waals surface area (Å²) in [6.07, 6.45) is 0. The smallest absolute Gasteiger partial charge is 0.143 e. The molecule has 1 aromatic heterocycles. The van der Waals surface area contributed by atoms with Crippen molar-refractivity contribution in [3.05, 3.63) is 204 Å². The first-order chi connectivity index (χ1) is 25.3. The zero-order valence-corrected chi connectivity index (χ0v) is 27.6. The third kappa shape index (κ3) is 3.99. The van der Waals surface area contributed by atoms with E-state index in [2.05, 4.69) is 170 Å². The van der Waals surface area contributed by atoms with Crippen LogP contribution in [-0.2, 0) is 5.41 Å². The molecule has 0 bridgehead atoms. The number of benzene rings is 8. The van der Waals surface area contributed by atoms with Crippen molar-refractivity contribution in [2.45, 2.75) is 5.41 Å². The van der Waals surface area contributed by atoms with Gasteiger partial charge in [0.1, 0.15) is 22.7 Å². The summed E-state index contributed by atoms with van der Waals surface area (Å²) >= 11 is 0. The van der Waals surface area contributed by atoms with Gasteiger partial charge >= 0.3 is 0 Å². The Labute approximate surface area is 295 Å². The highest BCUT2D eigenvalue weighted by Gasteiger charge is 2.50. The number of rotatable bonds is 3. The Morgan fingerprint density at radius 3 is 1.57 bits per heavy atom. The van der Waals surface area contributed by atoms with E-state index in [1.807, 2.05) is 12.1 Å². The monoisotopic (exact) mass is 650 g/mol. The minimum atomic E-state index is -0.443. The van der Waals surface area contributed by atoms with Crippen molar-refractivity contribution in [1.82, 2.24) is 0 Å². The van der Waals surface area contributed by atoms with E-state index in [0.29, 0.717) is 0 Å². The Balaban J connectivity index is 0.955. The Morgan fingerprint density at radius 2 is 0.843 bits per heavy atom. The zero-order chi connectivity index (χ0) is 33.5. The highest BCUT2D eigenvalue weighted by Crippen LogP contribution is 2.62. The average Bonchev–Trinajstić information content (AvgIpc) is 3.72. The van der Waals surface area contributed by atoms with Crippen LogP contribution in [0.2, 0.25) is 0 Å². The molecule has 1 aliphatic heterocycles. The molecule has 2 heterocycles. The summed E-state index contributed by atoms with van der Waals surface area (Å²) in [4.78, 5) is 0. The predicted octanol–water partition coefficient (Wildman–Crippen LogP) is 13.1. The van der Waals surface area contributed by atoms with Crippen LogP contribution in [0, 0.1) is 0 Å². The number of fused-ring (bicyclic) bond motifs is 12. The molecule has 0 saturated carbocycles. The van der Waals surface area contributed by atoms with Gasteiger partial charge in [0.15, 0.2) is 0 Å². The topological polar surface area (TPSA) is 22.4 Å². The molecule has 1 aliphatic carbocycles. The molecular formula is C49H30O2. The second-order valence-electron chi connectivity index (χ2n) is 13.6. The second-order valence-corrected chi connectivity index (χ2v) is 13.6. The lowest BCUT2D eigenvalue weighted by Gasteiger charge is -2.39. The van der Waals surface area contributed by atoms with Crippen LogP contribution in [0.4, 0.5) is 0 Å². The Hall–Kier alpha value is -6.64. The van der Waals surface area contributed by atoms with E-state index in [1.165, 1.54) is 44.5 Å². The Morgan fingerprint density at radius 1 is 0.333 bits per heavy atom. The quantitative estimate of drug-likeness (QED) is 0.190. The standard InChI is InChI=1S/C49H30O2/c1-4-15-41-37(10-1)38-11-2-5-16-42(38)49(41)43-17-6-8-19-46(43)50-47-30-35(28-29-44(47)49)33-22-20-31(21-23-33)32-24-26-34(27-25-32)36-13-9-14-40-39-12-3-7-18-45(39)51-48(36)40/h1-30H. The molecule has 0 amide bonds. The van der Waals surface area contributed by atoms with Gasteiger partial charge in [-0.1, -0.05) is 164 Å². The van der Waals surface area contributed by atoms with Gasteiger partial charge in [-0.15, -0.1) is 0 Å². The van der Waals surface area contributed by atoms with Crippen molar-refractivity contribution in [2.75, 3.05) is 0 Å². The summed E-state index contributed by atoms with van der Waals surface area (Å²) in [6, 6.07) is 65.3. The van der Waals surface area contributed by atoms with Gasteiger partial charge in [0, 0.05) is 27.5 Å². The maximum Gasteiger partial charge on any atom is 0.143 e. The van der Waals surface area contributed by atoms with Crippen LogP contribution in [0.5, 0.6) is 11.5 Å². The van der Waals surface area contributed by atoms with Gasteiger partial charge in [0.2, 0.25) is 0 Å². The van der Waals surface area contributed by atoms with Crippen molar-refractivity contribution in [2.24, 2.45) is 0 Å². The molecule has 0 unspecified atom stereocenters. The number of hydrogen-bond acceptors (Lipinski definition) is 2. The molecule has 0 N–H and O–H groups in total. The summed E-state index contributed by atoms with van der Waals surface area (Å²) in [5, 5.41) is 2.29. The SMILES string of the molecule is c1ccc2c(c1)Oc1cc(-c3ccc(-c4ccc(-c5cccc6c5oc5ccccc56)cc4)cc3)ccc1C21c2ccccc2-c2ccccc21. The summed E-state index contributed by atoms with van der Waals surface area (Å²) in [5.41, 5.74) is 15.8. The molecule has 0 fully saturated rings. The molecule has 2 aliphatic rings. The molecule has 1 spiro atoms. The van der Waals surface area contributed by atoms with Gasteiger partial charge in [-0.05, 0) is 68.3 Å². The Bertz CT molecular complexity index is 2770. The van der Waals surface area contributed by atoms with E-state index in [4.69, 9.17) is 9.15 Å². The van der Waals surface area contributed by atoms with Crippen LogP contribution >= 0.6 is 0 Å². The summed E-state index contributed by atoms with van der Waals surface area (Å²) in [6.45, 7) is 0. The molecule has 0 saturated heterocycles. The molecule has 0 radical (unpaired) electrons. The first-order valence-electron chi connectivity index (χ1n) is 17.5. The van der Waals surface area contributed by atoms with Crippen molar-refractivity contribution in [3.63, 3.8) is 0 Å². The second kappa shape index (κ2) is 10.7. The van der Waals surface area contributed by atoms with E-state index in [0.717, 1.165) is 55.7 Å². The Kier molecular flexibility index (Phi) is 5.91. The molecular weight excluding hydrogens is 621 g/mol. The maximum atomic E-state index is 6.73. The van der Waals surface area contributed by atoms with E-state index < -0.39 is 5.41 Å².